The number of carbonyl (C=O) groups excluding carboxylic acids is 2. The summed E-state index contributed by atoms with van der Waals surface area (Å²) in [5.74, 6) is -2.38. The summed E-state index contributed by atoms with van der Waals surface area (Å²) in [6, 6.07) is 13.1. The lowest BCUT2D eigenvalue weighted by Gasteiger charge is -2.25. The van der Waals surface area contributed by atoms with Gasteiger partial charge in [0.1, 0.15) is 11.6 Å². The molecule has 0 aliphatic carbocycles. The number of halogens is 1. The molecule has 1 amide bonds. The van der Waals surface area contributed by atoms with E-state index in [4.69, 9.17) is 9.84 Å². The van der Waals surface area contributed by atoms with Gasteiger partial charge in [-0.2, -0.15) is 0 Å². The van der Waals surface area contributed by atoms with Crippen LogP contribution in [-0.2, 0) is 14.3 Å². The molecular weight excluding hydrogens is 365 g/mol. The monoisotopic (exact) mass is 385 g/mol. The summed E-state index contributed by atoms with van der Waals surface area (Å²) in [5, 5.41) is 19.6. The molecule has 0 bridgehead atoms. The number of aliphatic hydroxyl groups is 2. The number of carbonyl (C=O) groups is 2. The quantitative estimate of drug-likeness (QED) is 0.330. The Kier molecular flexibility index (Phi) is 6.18. The van der Waals surface area contributed by atoms with E-state index < -0.39 is 23.5 Å². The first kappa shape index (κ1) is 19.7. The molecule has 0 radical (unpaired) electrons. The number of aliphatic hydroxyl groups excluding tert-OH is 2. The summed E-state index contributed by atoms with van der Waals surface area (Å²) in [7, 11) is 0. The lowest BCUT2D eigenvalue weighted by Crippen LogP contribution is -2.33. The summed E-state index contributed by atoms with van der Waals surface area (Å²) < 4.78 is 18.4. The molecule has 6 nitrogen and oxygen atoms in total. The Morgan fingerprint density at radius 3 is 2.36 bits per heavy atom. The molecule has 1 aliphatic rings. The van der Waals surface area contributed by atoms with Crippen LogP contribution in [0.4, 0.5) is 4.39 Å². The van der Waals surface area contributed by atoms with Crippen molar-refractivity contribution < 1.29 is 28.9 Å². The molecule has 146 valence electrons. The number of Topliss-reactive ketones (excluding diaryl/α,β-unsaturated/α-hetero) is 1. The van der Waals surface area contributed by atoms with E-state index in [2.05, 4.69) is 0 Å². The Hall–Kier alpha value is -3.03. The van der Waals surface area contributed by atoms with Crippen molar-refractivity contribution in [3.05, 3.63) is 77.1 Å². The van der Waals surface area contributed by atoms with Crippen LogP contribution in [-0.4, -0.2) is 53.2 Å². The topological polar surface area (TPSA) is 87.1 Å². The molecule has 0 saturated carbocycles. The molecule has 1 aliphatic heterocycles. The Balaban J connectivity index is 2.03. The van der Waals surface area contributed by atoms with E-state index in [0.717, 1.165) is 0 Å². The zero-order valence-corrected chi connectivity index (χ0v) is 15.0. The molecule has 0 aromatic heterocycles. The van der Waals surface area contributed by atoms with E-state index in [1.54, 1.807) is 30.3 Å². The Labute approximate surface area is 161 Å². The van der Waals surface area contributed by atoms with Gasteiger partial charge in [0.25, 0.3) is 11.7 Å². The number of hydrogen-bond acceptors (Lipinski definition) is 5. The summed E-state index contributed by atoms with van der Waals surface area (Å²) in [6.45, 7) is 0.221. The molecular formula is C21H20FNO5. The third-order valence-corrected chi connectivity index (χ3v) is 4.49. The van der Waals surface area contributed by atoms with Gasteiger partial charge in [-0.3, -0.25) is 9.59 Å². The van der Waals surface area contributed by atoms with Crippen molar-refractivity contribution in [2.24, 2.45) is 0 Å². The highest BCUT2D eigenvalue weighted by atomic mass is 19.1. The SMILES string of the molecule is O=C1C(=O)N(CCOCCO)C(c2ccccc2)C1=C(O)c1ccc(F)cc1. The Morgan fingerprint density at radius 1 is 1.04 bits per heavy atom. The molecule has 1 saturated heterocycles. The standard InChI is InChI=1S/C21H20FNO5/c22-16-8-6-15(7-9-16)19(25)17-18(14-4-2-1-3-5-14)23(21(27)20(17)26)10-12-28-13-11-24/h1-9,18,24-25H,10-13H2. The minimum atomic E-state index is -0.808. The number of amides is 1. The second-order valence-corrected chi connectivity index (χ2v) is 6.25. The van der Waals surface area contributed by atoms with Crippen LogP contribution in [0.1, 0.15) is 17.2 Å². The molecule has 2 aromatic rings. The van der Waals surface area contributed by atoms with E-state index in [1.807, 2.05) is 0 Å². The van der Waals surface area contributed by atoms with Gasteiger partial charge >= 0.3 is 0 Å². The smallest absolute Gasteiger partial charge is 0.295 e. The van der Waals surface area contributed by atoms with Crippen molar-refractivity contribution in [3.63, 3.8) is 0 Å². The van der Waals surface area contributed by atoms with E-state index >= 15 is 0 Å². The van der Waals surface area contributed by atoms with Crippen LogP contribution in [0, 0.1) is 5.82 Å². The first-order chi connectivity index (χ1) is 13.5. The zero-order chi connectivity index (χ0) is 20.1. The van der Waals surface area contributed by atoms with Crippen LogP contribution in [0.5, 0.6) is 0 Å². The van der Waals surface area contributed by atoms with Gasteiger partial charge in [0, 0.05) is 12.1 Å². The molecule has 2 N–H and O–H groups in total. The van der Waals surface area contributed by atoms with Crippen LogP contribution in [0.2, 0.25) is 0 Å². The first-order valence-corrected chi connectivity index (χ1v) is 8.82. The number of ketones is 1. The van der Waals surface area contributed by atoms with Gasteiger partial charge in [-0.15, -0.1) is 0 Å². The maximum Gasteiger partial charge on any atom is 0.295 e. The minimum Gasteiger partial charge on any atom is -0.507 e. The fraction of sp³-hybridized carbons (Fsp3) is 0.238. The molecule has 1 unspecified atom stereocenters. The molecule has 1 fully saturated rings. The maximum absolute atomic E-state index is 13.2. The molecule has 7 heteroatoms. The highest BCUT2D eigenvalue weighted by Gasteiger charge is 2.45. The van der Waals surface area contributed by atoms with Crippen LogP contribution in [0.15, 0.2) is 60.2 Å². The number of hydrogen-bond donors (Lipinski definition) is 2. The average molecular weight is 385 g/mol. The first-order valence-electron chi connectivity index (χ1n) is 8.82. The van der Waals surface area contributed by atoms with Crippen LogP contribution in [0.3, 0.4) is 0 Å². The number of benzene rings is 2. The van der Waals surface area contributed by atoms with Crippen molar-refractivity contribution in [1.82, 2.24) is 4.90 Å². The normalized spacial score (nSPS) is 18.6. The van der Waals surface area contributed by atoms with Crippen molar-refractivity contribution in [2.75, 3.05) is 26.4 Å². The predicted octanol–water partition coefficient (Wildman–Crippen LogP) is 2.26. The highest BCUT2D eigenvalue weighted by molar-refractivity contribution is 6.46. The molecule has 2 aromatic carbocycles. The zero-order valence-electron chi connectivity index (χ0n) is 15.0. The third-order valence-electron chi connectivity index (χ3n) is 4.49. The van der Waals surface area contributed by atoms with Gasteiger partial charge in [-0.25, -0.2) is 4.39 Å². The number of rotatable bonds is 7. The lowest BCUT2D eigenvalue weighted by atomic mass is 9.95. The molecule has 1 atom stereocenters. The molecule has 1 heterocycles. The second-order valence-electron chi connectivity index (χ2n) is 6.25. The third kappa shape index (κ3) is 3.95. The van der Waals surface area contributed by atoms with Gasteiger partial charge < -0.3 is 19.8 Å². The van der Waals surface area contributed by atoms with E-state index in [-0.39, 0.29) is 43.3 Å². The van der Waals surface area contributed by atoms with Gasteiger partial charge in [-0.1, -0.05) is 30.3 Å². The van der Waals surface area contributed by atoms with Crippen LogP contribution < -0.4 is 0 Å². The molecule has 0 spiro atoms. The van der Waals surface area contributed by atoms with Crippen molar-refractivity contribution in [2.45, 2.75) is 6.04 Å². The minimum absolute atomic E-state index is 0.0510. The number of nitrogens with zero attached hydrogens (tertiary/aromatic N) is 1. The maximum atomic E-state index is 13.2. The summed E-state index contributed by atoms with van der Waals surface area (Å²) in [4.78, 5) is 26.7. The van der Waals surface area contributed by atoms with Crippen molar-refractivity contribution >= 4 is 17.4 Å². The summed E-state index contributed by atoms with van der Waals surface area (Å²) in [5.41, 5.74) is 0.856. The Bertz CT molecular complexity index is 879. The number of ether oxygens (including phenoxy) is 1. The fourth-order valence-electron chi connectivity index (χ4n) is 3.19. The van der Waals surface area contributed by atoms with E-state index in [0.29, 0.717) is 5.56 Å². The fourth-order valence-corrected chi connectivity index (χ4v) is 3.19. The molecule has 3 rings (SSSR count). The average Bonchev–Trinajstić information content (AvgIpc) is 2.97. The van der Waals surface area contributed by atoms with Gasteiger partial charge in [0.05, 0.1) is 31.4 Å². The van der Waals surface area contributed by atoms with Gasteiger partial charge in [0.2, 0.25) is 0 Å². The molecule has 28 heavy (non-hydrogen) atoms. The van der Waals surface area contributed by atoms with Crippen molar-refractivity contribution in [3.8, 4) is 0 Å². The summed E-state index contributed by atoms with van der Waals surface area (Å²) >= 11 is 0. The highest BCUT2D eigenvalue weighted by Crippen LogP contribution is 2.39. The number of likely N-dealkylation sites (tertiary alicyclic amines) is 1. The van der Waals surface area contributed by atoms with Crippen LogP contribution in [0.25, 0.3) is 5.76 Å². The van der Waals surface area contributed by atoms with E-state index in [9.17, 15) is 19.1 Å². The second kappa shape index (κ2) is 8.77. The summed E-state index contributed by atoms with van der Waals surface area (Å²) in [6.07, 6.45) is 0. The van der Waals surface area contributed by atoms with E-state index in [1.165, 1.54) is 29.2 Å². The van der Waals surface area contributed by atoms with Crippen LogP contribution >= 0.6 is 0 Å². The lowest BCUT2D eigenvalue weighted by molar-refractivity contribution is -0.140. The van der Waals surface area contributed by atoms with Gasteiger partial charge in [-0.05, 0) is 29.8 Å². The largest absolute Gasteiger partial charge is 0.507 e. The van der Waals surface area contributed by atoms with Crippen molar-refractivity contribution in [1.29, 1.82) is 0 Å². The Morgan fingerprint density at radius 2 is 1.71 bits per heavy atom. The predicted molar refractivity (Wildman–Crippen MR) is 99.8 cm³/mol. The van der Waals surface area contributed by atoms with Gasteiger partial charge in [0.15, 0.2) is 0 Å².